The van der Waals surface area contributed by atoms with Crippen molar-refractivity contribution < 1.29 is 27.7 Å². The molecule has 1 unspecified atom stereocenters. The Hall–Kier alpha value is -4.45. The van der Waals surface area contributed by atoms with Crippen molar-refractivity contribution >= 4 is 33.2 Å². The van der Waals surface area contributed by atoms with Crippen molar-refractivity contribution in [1.82, 2.24) is 10.2 Å². The highest BCUT2D eigenvalue weighted by molar-refractivity contribution is 7.92. The largest absolute Gasteiger partial charge is 0.495 e. The first-order valence-corrected chi connectivity index (χ1v) is 15.6. The van der Waals surface area contributed by atoms with Gasteiger partial charge in [0.05, 0.1) is 18.3 Å². The highest BCUT2D eigenvalue weighted by Crippen LogP contribution is 2.34. The Morgan fingerprint density at radius 3 is 2.26 bits per heavy atom. The number of carbonyl (C=O) groups is 2. The van der Waals surface area contributed by atoms with E-state index in [1.807, 2.05) is 75.4 Å². The van der Waals surface area contributed by atoms with Crippen molar-refractivity contribution in [2.24, 2.45) is 5.92 Å². The van der Waals surface area contributed by atoms with Gasteiger partial charge < -0.3 is 15.0 Å². The maximum Gasteiger partial charge on any atom is 0.271 e. The first-order chi connectivity index (χ1) is 20.3. The molecule has 3 aromatic carbocycles. The normalized spacial score (nSPS) is 12.0. The summed E-state index contributed by atoms with van der Waals surface area (Å²) >= 11 is 0. The van der Waals surface area contributed by atoms with Crippen LogP contribution in [-0.4, -0.2) is 62.6 Å². The second-order valence-electron chi connectivity index (χ2n) is 10.7. The Kier molecular flexibility index (Phi) is 11.2. The van der Waals surface area contributed by atoms with Crippen LogP contribution in [0.3, 0.4) is 0 Å². The van der Waals surface area contributed by atoms with Gasteiger partial charge in [-0.2, -0.15) is 0 Å². The molecule has 0 saturated heterocycles. The van der Waals surface area contributed by atoms with E-state index in [-0.39, 0.29) is 41.9 Å². The monoisotopic (exact) mass is 610 g/mol. The van der Waals surface area contributed by atoms with Crippen LogP contribution >= 0.6 is 0 Å². The van der Waals surface area contributed by atoms with E-state index in [9.17, 15) is 28.1 Å². The molecule has 1 atom stereocenters. The van der Waals surface area contributed by atoms with E-state index in [1.165, 1.54) is 24.1 Å². The van der Waals surface area contributed by atoms with Crippen molar-refractivity contribution in [3.05, 3.63) is 99.6 Å². The molecular formula is C31H38N4O7S. The minimum absolute atomic E-state index is 0.0246. The van der Waals surface area contributed by atoms with Crippen LogP contribution in [0.1, 0.15) is 30.5 Å². The van der Waals surface area contributed by atoms with Gasteiger partial charge in [-0.3, -0.25) is 24.0 Å². The number of nitrogens with zero attached hydrogens (tertiary/aromatic N) is 3. The first kappa shape index (κ1) is 33.1. The number of non-ortho nitro benzene ring substituents is 1. The molecule has 0 saturated carbocycles. The number of nitro groups is 1. The fourth-order valence-corrected chi connectivity index (χ4v) is 5.41. The Balaban J connectivity index is 2.12. The van der Waals surface area contributed by atoms with E-state index >= 15 is 0 Å². The van der Waals surface area contributed by atoms with Gasteiger partial charge in [0, 0.05) is 31.6 Å². The minimum Gasteiger partial charge on any atom is -0.495 e. The van der Waals surface area contributed by atoms with Crippen LogP contribution in [0.4, 0.5) is 11.4 Å². The van der Waals surface area contributed by atoms with E-state index in [0.29, 0.717) is 6.54 Å². The second-order valence-corrected chi connectivity index (χ2v) is 12.6. The van der Waals surface area contributed by atoms with Gasteiger partial charge in [-0.05, 0) is 30.0 Å². The summed E-state index contributed by atoms with van der Waals surface area (Å²) in [6, 6.07) is 19.2. The molecule has 3 rings (SSSR count). The summed E-state index contributed by atoms with van der Waals surface area (Å²) < 4.78 is 32.2. The van der Waals surface area contributed by atoms with Crippen LogP contribution < -0.4 is 14.4 Å². The standard InChI is InChI=1S/C31H38N4O7S/c1-22(2)19-32-31(37)28(17-24-11-7-6-8-12-24)33(20-25-13-9-10-23(3)16-25)30(36)21-34(43(5,40)41)27-18-26(35(38)39)14-15-29(27)42-4/h6-16,18,22,28H,17,19-21H2,1-5H3,(H,32,37). The summed E-state index contributed by atoms with van der Waals surface area (Å²) in [5, 5.41) is 14.4. The van der Waals surface area contributed by atoms with E-state index in [1.54, 1.807) is 0 Å². The average molecular weight is 611 g/mol. The lowest BCUT2D eigenvalue weighted by atomic mass is 10.0. The number of ether oxygens (including phenoxy) is 1. The molecule has 3 aromatic rings. The molecule has 0 fully saturated rings. The summed E-state index contributed by atoms with van der Waals surface area (Å²) in [6.07, 6.45) is 1.08. The number of rotatable bonds is 14. The predicted octanol–water partition coefficient (Wildman–Crippen LogP) is 4.09. The van der Waals surface area contributed by atoms with Crippen LogP contribution in [0.25, 0.3) is 0 Å². The third kappa shape index (κ3) is 9.27. The molecule has 0 aliphatic carbocycles. The average Bonchev–Trinajstić information content (AvgIpc) is 2.95. The Morgan fingerprint density at radius 2 is 1.67 bits per heavy atom. The Bertz CT molecular complexity index is 1540. The number of methoxy groups -OCH3 is 1. The molecule has 0 heterocycles. The summed E-state index contributed by atoms with van der Waals surface area (Å²) in [4.78, 5) is 40.1. The van der Waals surface area contributed by atoms with Crippen LogP contribution in [0, 0.1) is 23.0 Å². The Morgan fingerprint density at radius 1 is 1.00 bits per heavy atom. The maximum atomic E-state index is 14.2. The summed E-state index contributed by atoms with van der Waals surface area (Å²) in [7, 11) is -2.85. The van der Waals surface area contributed by atoms with Crippen molar-refractivity contribution in [3.63, 3.8) is 0 Å². The molecule has 0 radical (unpaired) electrons. The van der Waals surface area contributed by atoms with Crippen LogP contribution in [0.5, 0.6) is 5.75 Å². The van der Waals surface area contributed by atoms with E-state index in [0.717, 1.165) is 33.3 Å². The van der Waals surface area contributed by atoms with Crippen molar-refractivity contribution in [3.8, 4) is 5.75 Å². The quantitative estimate of drug-likeness (QED) is 0.214. The fraction of sp³-hybridized carbons (Fsp3) is 0.355. The van der Waals surface area contributed by atoms with Gasteiger partial charge in [-0.25, -0.2) is 8.42 Å². The van der Waals surface area contributed by atoms with Crippen LogP contribution in [-0.2, 0) is 32.6 Å². The summed E-state index contributed by atoms with van der Waals surface area (Å²) in [5.41, 5.74) is 1.99. The zero-order valence-electron chi connectivity index (χ0n) is 25.0. The summed E-state index contributed by atoms with van der Waals surface area (Å²) in [6.45, 7) is 5.52. The smallest absolute Gasteiger partial charge is 0.271 e. The van der Waals surface area contributed by atoms with Gasteiger partial charge in [0.1, 0.15) is 24.0 Å². The van der Waals surface area contributed by atoms with Crippen molar-refractivity contribution in [2.45, 2.75) is 39.8 Å². The molecule has 1 N–H and O–H groups in total. The number of nitrogens with one attached hydrogen (secondary N) is 1. The molecule has 43 heavy (non-hydrogen) atoms. The SMILES string of the molecule is COc1ccc([N+](=O)[O-])cc1N(CC(=O)N(Cc1cccc(C)c1)C(Cc1ccccc1)C(=O)NCC(C)C)S(C)(=O)=O. The van der Waals surface area contributed by atoms with E-state index in [4.69, 9.17) is 4.74 Å². The molecule has 0 aliphatic heterocycles. The fourth-order valence-electron chi connectivity index (χ4n) is 4.57. The lowest BCUT2D eigenvalue weighted by molar-refractivity contribution is -0.384. The van der Waals surface area contributed by atoms with E-state index in [2.05, 4.69) is 5.32 Å². The Labute approximate surface area is 252 Å². The van der Waals surface area contributed by atoms with Crippen molar-refractivity contribution in [2.75, 3.05) is 30.8 Å². The number of nitro benzene ring substituents is 1. The van der Waals surface area contributed by atoms with Gasteiger partial charge in [-0.1, -0.05) is 74.0 Å². The zero-order chi connectivity index (χ0) is 31.7. The number of benzene rings is 3. The molecule has 0 aliphatic rings. The lowest BCUT2D eigenvalue weighted by Gasteiger charge is -2.34. The lowest BCUT2D eigenvalue weighted by Crippen LogP contribution is -2.53. The number of anilines is 1. The van der Waals surface area contributed by atoms with Crippen LogP contribution in [0.15, 0.2) is 72.8 Å². The maximum absolute atomic E-state index is 14.2. The van der Waals surface area contributed by atoms with Gasteiger partial charge in [0.15, 0.2) is 0 Å². The molecule has 0 bridgehead atoms. The van der Waals surface area contributed by atoms with E-state index < -0.39 is 33.4 Å². The third-order valence-corrected chi connectivity index (χ3v) is 7.84. The third-order valence-electron chi connectivity index (χ3n) is 6.71. The number of carbonyl (C=O) groups excluding carboxylic acids is 2. The number of amides is 2. The van der Waals surface area contributed by atoms with Crippen LogP contribution in [0.2, 0.25) is 0 Å². The van der Waals surface area contributed by atoms with Gasteiger partial charge in [0.25, 0.3) is 5.69 Å². The minimum atomic E-state index is -4.14. The number of aryl methyl sites for hydroxylation is 1. The number of hydrogen-bond donors (Lipinski definition) is 1. The number of sulfonamides is 1. The van der Waals surface area contributed by atoms with Crippen molar-refractivity contribution in [1.29, 1.82) is 0 Å². The molecule has 0 aromatic heterocycles. The first-order valence-electron chi connectivity index (χ1n) is 13.8. The molecule has 12 heteroatoms. The highest BCUT2D eigenvalue weighted by atomic mass is 32.2. The van der Waals surface area contributed by atoms with Gasteiger partial charge in [0.2, 0.25) is 21.8 Å². The topological polar surface area (TPSA) is 139 Å². The molecule has 11 nitrogen and oxygen atoms in total. The zero-order valence-corrected chi connectivity index (χ0v) is 25.8. The highest BCUT2D eigenvalue weighted by Gasteiger charge is 2.34. The second kappa shape index (κ2) is 14.6. The molecule has 2 amide bonds. The number of hydrogen-bond acceptors (Lipinski definition) is 7. The molecule has 230 valence electrons. The van der Waals surface area contributed by atoms with Gasteiger partial charge >= 0.3 is 0 Å². The molecule has 0 spiro atoms. The molecular weight excluding hydrogens is 572 g/mol. The van der Waals surface area contributed by atoms with Gasteiger partial charge in [-0.15, -0.1) is 0 Å². The predicted molar refractivity (Wildman–Crippen MR) is 165 cm³/mol. The summed E-state index contributed by atoms with van der Waals surface area (Å²) in [5.74, 6) is -0.854.